The van der Waals surface area contributed by atoms with Crippen LogP contribution in [0.1, 0.15) is 29.6 Å². The van der Waals surface area contributed by atoms with Gasteiger partial charge in [-0.05, 0) is 31.0 Å². The number of aryl methyl sites for hydroxylation is 1. The molecule has 0 bridgehead atoms. The van der Waals surface area contributed by atoms with Gasteiger partial charge in [-0.2, -0.15) is 9.40 Å². The van der Waals surface area contributed by atoms with Crippen molar-refractivity contribution in [2.75, 3.05) is 18.4 Å². The summed E-state index contributed by atoms with van der Waals surface area (Å²) in [6.07, 6.45) is 4.05. The number of aromatic nitrogens is 2. The minimum Gasteiger partial charge on any atom is -0.322 e. The van der Waals surface area contributed by atoms with Gasteiger partial charge in [-0.3, -0.25) is 9.48 Å². The number of anilines is 1. The molecule has 3 rings (SSSR count). The predicted octanol–water partition coefficient (Wildman–Crippen LogP) is 2.50. The van der Waals surface area contributed by atoms with E-state index in [-0.39, 0.29) is 10.6 Å². The lowest BCUT2D eigenvalue weighted by Gasteiger charge is -2.25. The van der Waals surface area contributed by atoms with E-state index in [0.29, 0.717) is 23.8 Å². The highest BCUT2D eigenvalue weighted by molar-refractivity contribution is 7.89. The summed E-state index contributed by atoms with van der Waals surface area (Å²) in [6.45, 7) is 0.905. The molecule has 0 spiro atoms. The smallest absolute Gasteiger partial charge is 0.263 e. The SMILES string of the molecule is Cn1cc(C(=O)Nc2cccc(Cl)c2)c(S(=O)(=O)N2CCCCC2)n1. The van der Waals surface area contributed by atoms with Crippen molar-refractivity contribution in [1.29, 1.82) is 0 Å². The summed E-state index contributed by atoms with van der Waals surface area (Å²) in [5.74, 6) is -0.536. The average Bonchev–Trinajstić information content (AvgIpc) is 2.98. The number of carbonyl (C=O) groups excluding carboxylic acids is 1. The van der Waals surface area contributed by atoms with Crippen molar-refractivity contribution in [2.45, 2.75) is 24.3 Å². The fraction of sp³-hybridized carbons (Fsp3) is 0.375. The van der Waals surface area contributed by atoms with Crippen LogP contribution in [0.3, 0.4) is 0 Å². The zero-order valence-corrected chi connectivity index (χ0v) is 15.3. The average molecular weight is 383 g/mol. The van der Waals surface area contributed by atoms with E-state index < -0.39 is 15.9 Å². The Morgan fingerprint density at radius 2 is 1.96 bits per heavy atom. The third kappa shape index (κ3) is 3.86. The molecule has 25 heavy (non-hydrogen) atoms. The van der Waals surface area contributed by atoms with Crippen LogP contribution in [0.4, 0.5) is 5.69 Å². The number of hydrogen-bond donors (Lipinski definition) is 1. The topological polar surface area (TPSA) is 84.3 Å². The van der Waals surface area contributed by atoms with E-state index >= 15 is 0 Å². The number of nitrogens with zero attached hydrogens (tertiary/aromatic N) is 3. The van der Waals surface area contributed by atoms with Crippen molar-refractivity contribution in [3.8, 4) is 0 Å². The molecular weight excluding hydrogens is 364 g/mol. The molecule has 0 saturated carbocycles. The summed E-state index contributed by atoms with van der Waals surface area (Å²) < 4.78 is 28.5. The first-order valence-electron chi connectivity index (χ1n) is 7.98. The van der Waals surface area contributed by atoms with E-state index in [1.54, 1.807) is 31.3 Å². The lowest BCUT2D eigenvalue weighted by atomic mass is 10.2. The lowest BCUT2D eigenvalue weighted by molar-refractivity contribution is 0.102. The van der Waals surface area contributed by atoms with Gasteiger partial charge in [0, 0.05) is 37.0 Å². The van der Waals surface area contributed by atoms with E-state index in [4.69, 9.17) is 11.6 Å². The van der Waals surface area contributed by atoms with E-state index in [2.05, 4.69) is 10.4 Å². The number of rotatable bonds is 4. The Balaban J connectivity index is 1.91. The summed E-state index contributed by atoms with van der Waals surface area (Å²) in [6, 6.07) is 6.66. The van der Waals surface area contributed by atoms with Crippen LogP contribution in [0.25, 0.3) is 0 Å². The molecule has 0 atom stereocenters. The minimum absolute atomic E-state index is 0.0213. The fourth-order valence-corrected chi connectivity index (χ4v) is 4.64. The molecule has 7 nitrogen and oxygen atoms in total. The zero-order valence-electron chi connectivity index (χ0n) is 13.8. The molecular formula is C16H19ClN4O3S. The van der Waals surface area contributed by atoms with Gasteiger partial charge in [0.2, 0.25) is 5.03 Å². The van der Waals surface area contributed by atoms with Gasteiger partial charge in [-0.15, -0.1) is 0 Å². The molecule has 1 aliphatic heterocycles. The normalized spacial score (nSPS) is 15.9. The zero-order chi connectivity index (χ0) is 18.0. The molecule has 0 unspecified atom stereocenters. The van der Waals surface area contributed by atoms with Gasteiger partial charge in [0.05, 0.1) is 5.56 Å². The van der Waals surface area contributed by atoms with Gasteiger partial charge >= 0.3 is 0 Å². The van der Waals surface area contributed by atoms with Crippen molar-refractivity contribution in [3.63, 3.8) is 0 Å². The van der Waals surface area contributed by atoms with Gasteiger partial charge in [-0.25, -0.2) is 8.42 Å². The Hall–Kier alpha value is -1.90. The molecule has 2 aromatic rings. The molecule has 1 amide bonds. The van der Waals surface area contributed by atoms with Gasteiger partial charge < -0.3 is 5.32 Å². The Bertz CT molecular complexity index is 889. The van der Waals surface area contributed by atoms with Crippen molar-refractivity contribution in [3.05, 3.63) is 41.0 Å². The third-order valence-electron chi connectivity index (χ3n) is 4.02. The summed E-state index contributed by atoms with van der Waals surface area (Å²) in [5, 5.41) is 6.97. The monoisotopic (exact) mass is 382 g/mol. The Labute approximate surface area is 151 Å². The Kier molecular flexibility index (Phi) is 5.12. The number of amides is 1. The molecule has 1 aliphatic rings. The minimum atomic E-state index is -3.80. The van der Waals surface area contributed by atoms with Crippen molar-refractivity contribution < 1.29 is 13.2 Å². The number of benzene rings is 1. The number of piperidine rings is 1. The van der Waals surface area contributed by atoms with E-state index in [1.807, 2.05) is 0 Å². The van der Waals surface area contributed by atoms with Crippen LogP contribution in [0.15, 0.2) is 35.5 Å². The van der Waals surface area contributed by atoms with E-state index in [0.717, 1.165) is 19.3 Å². The predicted molar refractivity (Wildman–Crippen MR) is 95.2 cm³/mol. The number of carbonyl (C=O) groups is 1. The quantitative estimate of drug-likeness (QED) is 0.880. The molecule has 2 heterocycles. The van der Waals surface area contributed by atoms with Gasteiger partial charge in [-0.1, -0.05) is 24.1 Å². The first-order valence-corrected chi connectivity index (χ1v) is 9.80. The van der Waals surface area contributed by atoms with Crippen molar-refractivity contribution in [1.82, 2.24) is 14.1 Å². The molecule has 0 aliphatic carbocycles. The van der Waals surface area contributed by atoms with Crippen LogP contribution in [0.2, 0.25) is 5.02 Å². The summed E-state index contributed by atoms with van der Waals surface area (Å²) in [5.41, 5.74) is 0.510. The molecule has 1 fully saturated rings. The second kappa shape index (κ2) is 7.15. The first kappa shape index (κ1) is 17.9. The number of nitrogens with one attached hydrogen (secondary N) is 1. The van der Waals surface area contributed by atoms with Crippen LogP contribution in [-0.4, -0.2) is 41.5 Å². The van der Waals surface area contributed by atoms with Crippen LogP contribution in [-0.2, 0) is 17.1 Å². The van der Waals surface area contributed by atoms with Gasteiger partial charge in [0.15, 0.2) is 0 Å². The van der Waals surface area contributed by atoms with Crippen molar-refractivity contribution >= 4 is 33.2 Å². The van der Waals surface area contributed by atoms with Gasteiger partial charge in [0.1, 0.15) is 0 Å². The summed E-state index contributed by atoms with van der Waals surface area (Å²) in [4.78, 5) is 12.6. The molecule has 134 valence electrons. The second-order valence-electron chi connectivity index (χ2n) is 5.95. The highest BCUT2D eigenvalue weighted by atomic mass is 35.5. The second-order valence-corrected chi connectivity index (χ2v) is 8.24. The van der Waals surface area contributed by atoms with Crippen molar-refractivity contribution in [2.24, 2.45) is 7.05 Å². The molecule has 1 aromatic carbocycles. The standard InChI is InChI=1S/C16H19ClN4O3S/c1-20-11-14(15(22)18-13-7-5-6-12(17)10-13)16(19-20)25(23,24)21-8-3-2-4-9-21/h5-7,10-11H,2-4,8-9H2,1H3,(H,18,22). The van der Waals surface area contributed by atoms with Gasteiger partial charge in [0.25, 0.3) is 15.9 Å². The lowest BCUT2D eigenvalue weighted by Crippen LogP contribution is -2.36. The highest BCUT2D eigenvalue weighted by Gasteiger charge is 2.33. The van der Waals surface area contributed by atoms with E-state index in [1.165, 1.54) is 15.2 Å². The van der Waals surface area contributed by atoms with E-state index in [9.17, 15) is 13.2 Å². The summed E-state index contributed by atoms with van der Waals surface area (Å²) >= 11 is 5.91. The number of halogens is 1. The highest BCUT2D eigenvalue weighted by Crippen LogP contribution is 2.23. The maximum atomic E-state index is 12.9. The molecule has 1 N–H and O–H groups in total. The third-order valence-corrected chi connectivity index (χ3v) is 6.09. The van der Waals surface area contributed by atoms with Crippen LogP contribution >= 0.6 is 11.6 Å². The first-order chi connectivity index (χ1) is 11.9. The molecule has 1 aromatic heterocycles. The maximum absolute atomic E-state index is 12.9. The largest absolute Gasteiger partial charge is 0.322 e. The molecule has 1 saturated heterocycles. The summed E-state index contributed by atoms with van der Waals surface area (Å²) in [7, 11) is -2.21. The maximum Gasteiger partial charge on any atom is 0.263 e. The molecule has 0 radical (unpaired) electrons. The van der Waals surface area contributed by atoms with Crippen LogP contribution in [0.5, 0.6) is 0 Å². The van der Waals surface area contributed by atoms with Crippen LogP contribution < -0.4 is 5.32 Å². The fourth-order valence-electron chi connectivity index (χ4n) is 2.81. The van der Waals surface area contributed by atoms with Crippen LogP contribution in [0, 0.1) is 0 Å². The number of sulfonamides is 1. The molecule has 9 heteroatoms. The Morgan fingerprint density at radius 3 is 2.64 bits per heavy atom. The Morgan fingerprint density at radius 1 is 1.24 bits per heavy atom. The number of hydrogen-bond acceptors (Lipinski definition) is 4.